The fourth-order valence-electron chi connectivity index (χ4n) is 0.355. The molecule has 1 atom stereocenters. The molecule has 0 saturated carbocycles. The fourth-order valence-corrected chi connectivity index (χ4v) is 1.03. The van der Waals surface area contributed by atoms with Crippen molar-refractivity contribution in [2.24, 2.45) is 0 Å². The Morgan fingerprint density at radius 2 is 2.11 bits per heavy atom. The van der Waals surface area contributed by atoms with E-state index in [1.807, 2.05) is 13.8 Å². The average molecular weight is 260 g/mol. The van der Waals surface area contributed by atoms with Gasteiger partial charge in [-0.15, -0.1) is 0 Å². The Kier molecular flexibility index (Phi) is 4.76. The molecule has 0 aliphatic rings. The first kappa shape index (κ1) is 9.63. The molecule has 0 amide bonds. The summed E-state index contributed by atoms with van der Waals surface area (Å²) in [4.78, 5) is 0. The van der Waals surface area contributed by atoms with Crippen LogP contribution < -0.4 is 0 Å². The molecule has 0 aromatic heterocycles. The largest absolute Gasteiger partial charge is 0.229 e. The highest BCUT2D eigenvalue weighted by Crippen LogP contribution is 2.24. The standard InChI is InChI=1S/C6H9Br2F/c1-3-4(2)5(7)6(8)9/h6H,3H2,1-2H3. The van der Waals surface area contributed by atoms with E-state index < -0.39 is 5.08 Å². The van der Waals surface area contributed by atoms with Gasteiger partial charge in [0.1, 0.15) is 0 Å². The van der Waals surface area contributed by atoms with Crippen LogP contribution in [0, 0.1) is 0 Å². The Hall–Kier alpha value is 0.630. The van der Waals surface area contributed by atoms with Gasteiger partial charge in [-0.2, -0.15) is 0 Å². The van der Waals surface area contributed by atoms with E-state index in [2.05, 4.69) is 31.9 Å². The quantitative estimate of drug-likeness (QED) is 0.663. The Morgan fingerprint density at radius 3 is 2.22 bits per heavy atom. The molecule has 54 valence electrons. The number of hydrogen-bond donors (Lipinski definition) is 0. The van der Waals surface area contributed by atoms with Gasteiger partial charge in [0.25, 0.3) is 0 Å². The lowest BCUT2D eigenvalue weighted by Crippen LogP contribution is -1.89. The third kappa shape index (κ3) is 3.36. The van der Waals surface area contributed by atoms with Crippen molar-refractivity contribution in [1.29, 1.82) is 0 Å². The Labute approximate surface area is 71.8 Å². The summed E-state index contributed by atoms with van der Waals surface area (Å²) in [5.74, 6) is 0. The van der Waals surface area contributed by atoms with E-state index in [0.717, 1.165) is 12.0 Å². The van der Waals surface area contributed by atoms with Gasteiger partial charge in [0.05, 0.1) is 0 Å². The topological polar surface area (TPSA) is 0 Å². The minimum absolute atomic E-state index is 0.616. The van der Waals surface area contributed by atoms with Crippen molar-refractivity contribution in [3.05, 3.63) is 10.1 Å². The van der Waals surface area contributed by atoms with Crippen molar-refractivity contribution in [3.8, 4) is 0 Å². The van der Waals surface area contributed by atoms with E-state index in [1.54, 1.807) is 0 Å². The highest BCUT2D eigenvalue weighted by molar-refractivity contribution is 9.14. The molecule has 0 aromatic carbocycles. The lowest BCUT2D eigenvalue weighted by atomic mass is 10.2. The van der Waals surface area contributed by atoms with Crippen LogP contribution >= 0.6 is 31.9 Å². The summed E-state index contributed by atoms with van der Waals surface area (Å²) in [5, 5.41) is -1.04. The Bertz CT molecular complexity index is 118. The molecule has 3 heteroatoms. The van der Waals surface area contributed by atoms with E-state index in [-0.39, 0.29) is 0 Å². The van der Waals surface area contributed by atoms with E-state index >= 15 is 0 Å². The molecule has 0 fully saturated rings. The van der Waals surface area contributed by atoms with Crippen LogP contribution in [0.2, 0.25) is 0 Å². The molecule has 0 rings (SSSR count). The van der Waals surface area contributed by atoms with Crippen LogP contribution in [-0.2, 0) is 0 Å². The number of hydrogen-bond acceptors (Lipinski definition) is 0. The molecule has 0 radical (unpaired) electrons. The van der Waals surface area contributed by atoms with Crippen molar-refractivity contribution in [1.82, 2.24) is 0 Å². The number of rotatable bonds is 2. The molecule has 0 bridgehead atoms. The minimum atomic E-state index is -1.04. The van der Waals surface area contributed by atoms with Crippen molar-refractivity contribution < 1.29 is 4.39 Å². The SMILES string of the molecule is CCC(C)=C(Br)C(F)Br. The smallest absolute Gasteiger partial charge is 0.186 e. The zero-order valence-corrected chi connectivity index (χ0v) is 8.59. The molecule has 0 aliphatic carbocycles. The zero-order chi connectivity index (χ0) is 7.44. The Morgan fingerprint density at radius 1 is 1.67 bits per heavy atom. The second-order valence-corrected chi connectivity index (χ2v) is 3.44. The van der Waals surface area contributed by atoms with Gasteiger partial charge >= 0.3 is 0 Å². The highest BCUT2D eigenvalue weighted by atomic mass is 79.9. The van der Waals surface area contributed by atoms with E-state index in [0.29, 0.717) is 4.48 Å². The van der Waals surface area contributed by atoms with Crippen molar-refractivity contribution in [3.63, 3.8) is 0 Å². The normalized spacial score (nSPS) is 17.0. The van der Waals surface area contributed by atoms with Crippen molar-refractivity contribution >= 4 is 31.9 Å². The molecule has 0 heterocycles. The molecule has 0 spiro atoms. The van der Waals surface area contributed by atoms with Gasteiger partial charge in [0, 0.05) is 4.48 Å². The summed E-state index contributed by atoms with van der Waals surface area (Å²) < 4.78 is 13.0. The van der Waals surface area contributed by atoms with Crippen LogP contribution in [0.3, 0.4) is 0 Å². The van der Waals surface area contributed by atoms with Gasteiger partial charge in [0.15, 0.2) is 5.08 Å². The summed E-state index contributed by atoms with van der Waals surface area (Å²) in [7, 11) is 0. The average Bonchev–Trinajstić information content (AvgIpc) is 1.84. The second kappa shape index (κ2) is 4.45. The molecule has 0 saturated heterocycles. The highest BCUT2D eigenvalue weighted by Gasteiger charge is 2.06. The summed E-state index contributed by atoms with van der Waals surface area (Å²) in [6.45, 7) is 3.89. The minimum Gasteiger partial charge on any atom is -0.229 e. The summed E-state index contributed by atoms with van der Waals surface area (Å²) in [6.07, 6.45) is 0.882. The van der Waals surface area contributed by atoms with Crippen LogP contribution in [0.5, 0.6) is 0 Å². The van der Waals surface area contributed by atoms with Crippen LogP contribution in [-0.4, -0.2) is 5.08 Å². The number of allylic oxidation sites excluding steroid dienone is 2. The summed E-state index contributed by atoms with van der Waals surface area (Å²) in [6, 6.07) is 0. The molecule has 9 heavy (non-hydrogen) atoms. The zero-order valence-electron chi connectivity index (χ0n) is 5.42. The fraction of sp³-hybridized carbons (Fsp3) is 0.667. The predicted molar refractivity (Wildman–Crippen MR) is 45.7 cm³/mol. The van der Waals surface area contributed by atoms with E-state index in [4.69, 9.17) is 0 Å². The lowest BCUT2D eigenvalue weighted by Gasteiger charge is -2.01. The van der Waals surface area contributed by atoms with Gasteiger partial charge in [-0.25, -0.2) is 4.39 Å². The molecule has 0 N–H and O–H groups in total. The van der Waals surface area contributed by atoms with Crippen LogP contribution in [0.25, 0.3) is 0 Å². The van der Waals surface area contributed by atoms with Crippen molar-refractivity contribution in [2.45, 2.75) is 25.3 Å². The van der Waals surface area contributed by atoms with Gasteiger partial charge in [-0.05, 0) is 29.3 Å². The predicted octanol–water partition coefficient (Wildman–Crippen LogP) is 3.76. The van der Waals surface area contributed by atoms with E-state index in [9.17, 15) is 4.39 Å². The third-order valence-electron chi connectivity index (χ3n) is 1.13. The van der Waals surface area contributed by atoms with Crippen LogP contribution in [0.1, 0.15) is 20.3 Å². The molecule has 0 aliphatic heterocycles. The monoisotopic (exact) mass is 258 g/mol. The van der Waals surface area contributed by atoms with Gasteiger partial charge < -0.3 is 0 Å². The summed E-state index contributed by atoms with van der Waals surface area (Å²) in [5.41, 5.74) is 1.04. The number of alkyl halides is 2. The number of halogens is 3. The van der Waals surface area contributed by atoms with Crippen LogP contribution in [0.4, 0.5) is 4.39 Å². The maximum atomic E-state index is 12.3. The summed E-state index contributed by atoms with van der Waals surface area (Å²) >= 11 is 5.94. The van der Waals surface area contributed by atoms with Crippen LogP contribution in [0.15, 0.2) is 10.1 Å². The first-order chi connectivity index (χ1) is 4.09. The first-order valence-corrected chi connectivity index (χ1v) is 4.43. The van der Waals surface area contributed by atoms with Gasteiger partial charge in [-0.3, -0.25) is 0 Å². The maximum absolute atomic E-state index is 12.3. The molecule has 1 unspecified atom stereocenters. The maximum Gasteiger partial charge on any atom is 0.186 e. The first-order valence-electron chi connectivity index (χ1n) is 2.72. The second-order valence-electron chi connectivity index (χ2n) is 1.78. The van der Waals surface area contributed by atoms with Gasteiger partial charge in [0.2, 0.25) is 0 Å². The molecular formula is C6H9Br2F. The Balaban J connectivity index is 4.10. The van der Waals surface area contributed by atoms with Gasteiger partial charge in [-0.1, -0.05) is 28.4 Å². The molecule has 0 nitrogen and oxygen atoms in total. The third-order valence-corrected chi connectivity index (χ3v) is 3.28. The lowest BCUT2D eigenvalue weighted by molar-refractivity contribution is 0.522. The van der Waals surface area contributed by atoms with E-state index in [1.165, 1.54) is 0 Å². The molecule has 0 aromatic rings. The molecular weight excluding hydrogens is 251 g/mol. The van der Waals surface area contributed by atoms with Crippen molar-refractivity contribution in [2.75, 3.05) is 0 Å².